The van der Waals surface area contributed by atoms with Gasteiger partial charge in [0.05, 0.1) is 4.90 Å². The quantitative estimate of drug-likeness (QED) is 0.844. The number of sulfonamides is 1. The van der Waals surface area contributed by atoms with E-state index in [4.69, 9.17) is 0 Å². The van der Waals surface area contributed by atoms with E-state index >= 15 is 0 Å². The van der Waals surface area contributed by atoms with Crippen molar-refractivity contribution < 1.29 is 8.42 Å². The first-order chi connectivity index (χ1) is 9.03. The molecule has 0 amide bonds. The Balaban J connectivity index is 2.11. The largest absolute Gasteiger partial charge is 0.384 e. The van der Waals surface area contributed by atoms with E-state index in [0.29, 0.717) is 4.90 Å². The molecule has 0 saturated carbocycles. The third-order valence-corrected chi connectivity index (χ3v) is 5.76. The summed E-state index contributed by atoms with van der Waals surface area (Å²) < 4.78 is 27.2. The molecule has 1 atom stereocenters. The summed E-state index contributed by atoms with van der Waals surface area (Å²) in [4.78, 5) is 0.342. The molecule has 1 heterocycles. The van der Waals surface area contributed by atoms with Gasteiger partial charge in [-0.3, -0.25) is 0 Å². The highest BCUT2D eigenvalue weighted by molar-refractivity contribution is 7.99. The molecule has 2 rings (SSSR count). The maximum absolute atomic E-state index is 12.3. The second kappa shape index (κ2) is 6.15. The third-order valence-electron chi connectivity index (χ3n) is 3.03. The second-order valence-electron chi connectivity index (χ2n) is 4.68. The predicted molar refractivity (Wildman–Crippen MR) is 81.4 cm³/mol. The average Bonchev–Trinajstić information content (AvgIpc) is 2.82. The fourth-order valence-corrected chi connectivity index (χ4v) is 4.15. The molecule has 0 aliphatic carbocycles. The summed E-state index contributed by atoms with van der Waals surface area (Å²) in [6, 6.07) is 5.25. The molecule has 0 aromatic heterocycles. The van der Waals surface area contributed by atoms with Crippen molar-refractivity contribution in [2.45, 2.75) is 31.2 Å². The first-order valence-electron chi connectivity index (χ1n) is 6.50. The van der Waals surface area contributed by atoms with Crippen LogP contribution in [0, 0.1) is 0 Å². The van der Waals surface area contributed by atoms with E-state index in [9.17, 15) is 8.42 Å². The van der Waals surface area contributed by atoms with E-state index in [-0.39, 0.29) is 6.04 Å². The summed E-state index contributed by atoms with van der Waals surface area (Å²) in [7, 11) is -3.41. The van der Waals surface area contributed by atoms with Crippen LogP contribution in [0.15, 0.2) is 23.1 Å². The van der Waals surface area contributed by atoms with Gasteiger partial charge >= 0.3 is 0 Å². The van der Waals surface area contributed by atoms with Crippen LogP contribution in [-0.2, 0) is 16.4 Å². The van der Waals surface area contributed by atoms with Crippen LogP contribution >= 0.6 is 11.8 Å². The van der Waals surface area contributed by atoms with Gasteiger partial charge in [0.25, 0.3) is 0 Å². The highest BCUT2D eigenvalue weighted by Gasteiger charge is 2.20. The van der Waals surface area contributed by atoms with Gasteiger partial charge in [-0.05, 0) is 36.8 Å². The van der Waals surface area contributed by atoms with Crippen LogP contribution in [0.2, 0.25) is 0 Å². The van der Waals surface area contributed by atoms with E-state index in [1.54, 1.807) is 23.9 Å². The SMILES string of the molecule is CCSCC(C)NS(=O)(=O)c1ccc2c(c1)NCC2. The van der Waals surface area contributed by atoms with Crippen molar-refractivity contribution in [1.82, 2.24) is 4.72 Å². The van der Waals surface area contributed by atoms with Crippen LogP contribution in [0.4, 0.5) is 5.69 Å². The fraction of sp³-hybridized carbons (Fsp3) is 0.538. The van der Waals surface area contributed by atoms with E-state index in [2.05, 4.69) is 17.0 Å². The average molecular weight is 300 g/mol. The maximum Gasteiger partial charge on any atom is 0.240 e. The minimum atomic E-state index is -3.41. The van der Waals surface area contributed by atoms with Gasteiger partial charge in [0.1, 0.15) is 0 Å². The molecule has 1 unspecified atom stereocenters. The van der Waals surface area contributed by atoms with Gasteiger partial charge in [-0.25, -0.2) is 13.1 Å². The summed E-state index contributed by atoms with van der Waals surface area (Å²) in [5.41, 5.74) is 2.13. The minimum absolute atomic E-state index is 0.0591. The van der Waals surface area contributed by atoms with Crippen LogP contribution in [0.5, 0.6) is 0 Å². The zero-order valence-corrected chi connectivity index (χ0v) is 12.9. The third kappa shape index (κ3) is 3.64. The summed E-state index contributed by atoms with van der Waals surface area (Å²) in [6.07, 6.45) is 0.965. The Labute approximate surface area is 119 Å². The Hall–Kier alpha value is -0.720. The highest BCUT2D eigenvalue weighted by Crippen LogP contribution is 2.25. The Bertz CT molecular complexity index is 544. The molecule has 1 aliphatic rings. The Morgan fingerprint density at radius 1 is 1.47 bits per heavy atom. The molecule has 1 aliphatic heterocycles. The standard InChI is InChI=1S/C13H20N2O2S2/c1-3-18-9-10(2)15-19(16,17)12-5-4-11-6-7-14-13(11)8-12/h4-5,8,10,14-15H,3,6-7,9H2,1-2H3. The van der Waals surface area contributed by atoms with Gasteiger partial charge in [0.2, 0.25) is 10.0 Å². The minimum Gasteiger partial charge on any atom is -0.384 e. The number of benzene rings is 1. The lowest BCUT2D eigenvalue weighted by molar-refractivity contribution is 0.571. The van der Waals surface area contributed by atoms with Crippen molar-refractivity contribution in [3.63, 3.8) is 0 Å². The molecule has 1 aromatic rings. The molecule has 6 heteroatoms. The molecule has 19 heavy (non-hydrogen) atoms. The Morgan fingerprint density at radius 3 is 3.00 bits per heavy atom. The van der Waals surface area contributed by atoms with Gasteiger partial charge in [-0.15, -0.1) is 0 Å². The van der Waals surface area contributed by atoms with Crippen molar-refractivity contribution in [3.8, 4) is 0 Å². The van der Waals surface area contributed by atoms with E-state index < -0.39 is 10.0 Å². The lowest BCUT2D eigenvalue weighted by atomic mass is 10.2. The van der Waals surface area contributed by atoms with Crippen LogP contribution < -0.4 is 10.0 Å². The van der Waals surface area contributed by atoms with Crippen molar-refractivity contribution in [2.75, 3.05) is 23.4 Å². The predicted octanol–water partition coefficient (Wildman–Crippen LogP) is 2.07. The van der Waals surface area contributed by atoms with Crippen LogP contribution in [-0.4, -0.2) is 32.5 Å². The number of hydrogen-bond acceptors (Lipinski definition) is 4. The van der Waals surface area contributed by atoms with E-state index in [1.807, 2.05) is 13.0 Å². The van der Waals surface area contributed by atoms with Gasteiger partial charge in [-0.1, -0.05) is 13.0 Å². The molecule has 2 N–H and O–H groups in total. The van der Waals surface area contributed by atoms with Gasteiger partial charge < -0.3 is 5.32 Å². The normalized spacial score (nSPS) is 15.9. The smallest absolute Gasteiger partial charge is 0.240 e. The highest BCUT2D eigenvalue weighted by atomic mass is 32.2. The van der Waals surface area contributed by atoms with Crippen molar-refractivity contribution >= 4 is 27.5 Å². The van der Waals surface area contributed by atoms with Crippen LogP contribution in [0.3, 0.4) is 0 Å². The number of rotatable bonds is 6. The molecule has 0 fully saturated rings. The van der Waals surface area contributed by atoms with Gasteiger partial charge in [-0.2, -0.15) is 11.8 Å². The molecule has 106 valence electrons. The zero-order chi connectivity index (χ0) is 13.9. The number of hydrogen-bond donors (Lipinski definition) is 2. The van der Waals surface area contributed by atoms with Crippen molar-refractivity contribution in [2.24, 2.45) is 0 Å². The monoisotopic (exact) mass is 300 g/mol. The zero-order valence-electron chi connectivity index (χ0n) is 11.3. The Morgan fingerprint density at radius 2 is 2.26 bits per heavy atom. The number of nitrogens with one attached hydrogen (secondary N) is 2. The number of anilines is 1. The lowest BCUT2D eigenvalue weighted by Gasteiger charge is -2.14. The maximum atomic E-state index is 12.3. The molecular weight excluding hydrogens is 280 g/mol. The molecule has 1 aromatic carbocycles. The molecule has 0 spiro atoms. The van der Waals surface area contributed by atoms with Crippen molar-refractivity contribution in [1.29, 1.82) is 0 Å². The molecule has 0 saturated heterocycles. The van der Waals surface area contributed by atoms with Gasteiger partial charge in [0, 0.05) is 24.0 Å². The van der Waals surface area contributed by atoms with E-state index in [0.717, 1.165) is 30.2 Å². The Kier molecular flexibility index (Phi) is 4.76. The van der Waals surface area contributed by atoms with Crippen molar-refractivity contribution in [3.05, 3.63) is 23.8 Å². The summed E-state index contributed by atoms with van der Waals surface area (Å²) in [5, 5.41) is 3.20. The number of thioether (sulfide) groups is 1. The first-order valence-corrected chi connectivity index (χ1v) is 9.13. The fourth-order valence-electron chi connectivity index (χ4n) is 2.10. The van der Waals surface area contributed by atoms with Gasteiger partial charge in [0.15, 0.2) is 0 Å². The summed E-state index contributed by atoms with van der Waals surface area (Å²) in [5.74, 6) is 1.79. The lowest BCUT2D eigenvalue weighted by Crippen LogP contribution is -2.34. The summed E-state index contributed by atoms with van der Waals surface area (Å²) in [6.45, 7) is 4.85. The number of fused-ring (bicyclic) bond motifs is 1. The van der Waals surface area contributed by atoms with Crippen LogP contribution in [0.25, 0.3) is 0 Å². The molecule has 0 bridgehead atoms. The molecule has 0 radical (unpaired) electrons. The first kappa shape index (κ1) is 14.7. The summed E-state index contributed by atoms with van der Waals surface area (Å²) >= 11 is 1.73. The molecular formula is C13H20N2O2S2. The second-order valence-corrected chi connectivity index (χ2v) is 7.71. The van der Waals surface area contributed by atoms with E-state index in [1.165, 1.54) is 5.56 Å². The van der Waals surface area contributed by atoms with Crippen LogP contribution in [0.1, 0.15) is 19.4 Å². The topological polar surface area (TPSA) is 58.2 Å². The molecule has 4 nitrogen and oxygen atoms in total.